The van der Waals surface area contributed by atoms with Gasteiger partial charge in [0.1, 0.15) is 22.5 Å². The molecule has 6 nitrogen and oxygen atoms in total. The van der Waals surface area contributed by atoms with Crippen molar-refractivity contribution in [2.24, 2.45) is 0 Å². The van der Waals surface area contributed by atoms with Crippen molar-refractivity contribution in [3.05, 3.63) is 41.8 Å². The van der Waals surface area contributed by atoms with Crippen LogP contribution in [0.1, 0.15) is 0 Å². The lowest BCUT2D eigenvalue weighted by atomic mass is 10.3. The van der Waals surface area contributed by atoms with Crippen LogP contribution in [0.15, 0.2) is 36.7 Å². The number of para-hydroxylation sites is 1. The van der Waals surface area contributed by atoms with Crippen LogP contribution in [0.25, 0.3) is 11.0 Å². The molecule has 2 heterocycles. The number of fused-ring (bicyclic) bond motifs is 1. The van der Waals surface area contributed by atoms with Crippen LogP contribution in [-0.4, -0.2) is 25.1 Å². The van der Waals surface area contributed by atoms with Crippen LogP contribution in [0.3, 0.4) is 0 Å². The summed E-state index contributed by atoms with van der Waals surface area (Å²) in [5.41, 5.74) is 1.50. The van der Waals surface area contributed by atoms with Crippen molar-refractivity contribution in [1.29, 1.82) is 0 Å². The van der Waals surface area contributed by atoms with E-state index in [-0.39, 0.29) is 0 Å². The van der Waals surface area contributed by atoms with E-state index in [9.17, 15) is 0 Å². The minimum atomic E-state index is 0.305. The zero-order valence-electron chi connectivity index (χ0n) is 8.49. The predicted molar refractivity (Wildman–Crippen MR) is 60.6 cm³/mol. The van der Waals surface area contributed by atoms with E-state index in [1.54, 1.807) is 0 Å². The molecular weight excluding hydrogens is 242 g/mol. The summed E-state index contributed by atoms with van der Waals surface area (Å²) in [6.45, 7) is 0. The number of benzene rings is 1. The SMILES string of the molecule is Clc1cc(On2nnc3ccccc32)ncn1. The third-order valence-electron chi connectivity index (χ3n) is 2.11. The van der Waals surface area contributed by atoms with Gasteiger partial charge in [0.2, 0.25) is 0 Å². The van der Waals surface area contributed by atoms with Gasteiger partial charge in [0.25, 0.3) is 5.88 Å². The molecule has 17 heavy (non-hydrogen) atoms. The third kappa shape index (κ3) is 1.90. The first-order valence-electron chi connectivity index (χ1n) is 4.79. The van der Waals surface area contributed by atoms with Crippen molar-refractivity contribution in [3.8, 4) is 5.88 Å². The Morgan fingerprint density at radius 2 is 2.06 bits per heavy atom. The van der Waals surface area contributed by atoms with E-state index in [1.165, 1.54) is 17.2 Å². The van der Waals surface area contributed by atoms with Crippen molar-refractivity contribution in [2.75, 3.05) is 0 Å². The van der Waals surface area contributed by atoms with Crippen LogP contribution in [0, 0.1) is 0 Å². The van der Waals surface area contributed by atoms with Gasteiger partial charge in [-0.25, -0.2) is 4.98 Å². The summed E-state index contributed by atoms with van der Waals surface area (Å²) in [5.74, 6) is 0.306. The van der Waals surface area contributed by atoms with Gasteiger partial charge in [-0.15, -0.1) is 5.10 Å². The molecule has 0 spiro atoms. The van der Waals surface area contributed by atoms with Gasteiger partial charge >= 0.3 is 0 Å². The molecule has 1 aromatic carbocycles. The lowest BCUT2D eigenvalue weighted by Crippen LogP contribution is -2.08. The summed E-state index contributed by atoms with van der Waals surface area (Å²) < 4.78 is 0. The molecule has 0 bridgehead atoms. The summed E-state index contributed by atoms with van der Waals surface area (Å²) in [6.07, 6.45) is 1.32. The van der Waals surface area contributed by atoms with Crippen LogP contribution in [0.2, 0.25) is 5.15 Å². The average Bonchev–Trinajstić information content (AvgIpc) is 2.73. The fourth-order valence-corrected chi connectivity index (χ4v) is 1.51. The first kappa shape index (κ1) is 9.98. The molecule has 3 aromatic rings. The van der Waals surface area contributed by atoms with E-state index in [0.717, 1.165) is 11.0 Å². The van der Waals surface area contributed by atoms with Gasteiger partial charge in [0, 0.05) is 6.07 Å². The smallest absolute Gasteiger partial charge is 0.253 e. The molecule has 0 atom stereocenters. The van der Waals surface area contributed by atoms with Gasteiger partial charge in [0.05, 0.1) is 0 Å². The molecule has 0 aliphatic carbocycles. The van der Waals surface area contributed by atoms with E-state index in [4.69, 9.17) is 16.4 Å². The molecule has 0 saturated heterocycles. The normalized spacial score (nSPS) is 10.6. The summed E-state index contributed by atoms with van der Waals surface area (Å²) in [6, 6.07) is 8.94. The van der Waals surface area contributed by atoms with Gasteiger partial charge in [-0.1, -0.05) is 28.6 Å². The highest BCUT2D eigenvalue weighted by molar-refractivity contribution is 6.29. The molecule has 2 aromatic heterocycles. The molecule has 7 heteroatoms. The van der Waals surface area contributed by atoms with Crippen molar-refractivity contribution in [3.63, 3.8) is 0 Å². The number of hydrogen-bond donors (Lipinski definition) is 0. The second-order valence-electron chi connectivity index (χ2n) is 3.22. The first-order chi connectivity index (χ1) is 8.33. The minimum absolute atomic E-state index is 0.305. The third-order valence-corrected chi connectivity index (χ3v) is 2.32. The fourth-order valence-electron chi connectivity index (χ4n) is 1.37. The van der Waals surface area contributed by atoms with Gasteiger partial charge in [-0.2, -0.15) is 4.98 Å². The Hall–Kier alpha value is -2.21. The largest absolute Gasteiger partial charge is 0.335 e. The highest BCUT2D eigenvalue weighted by Gasteiger charge is 2.06. The van der Waals surface area contributed by atoms with Gasteiger partial charge in [0.15, 0.2) is 0 Å². The summed E-state index contributed by atoms with van der Waals surface area (Å²) >= 11 is 5.73. The van der Waals surface area contributed by atoms with Crippen molar-refractivity contribution >= 4 is 22.6 Å². The molecule has 0 radical (unpaired) electrons. The van der Waals surface area contributed by atoms with E-state index in [2.05, 4.69) is 20.3 Å². The van der Waals surface area contributed by atoms with Crippen molar-refractivity contribution in [2.45, 2.75) is 0 Å². The Morgan fingerprint density at radius 1 is 1.18 bits per heavy atom. The lowest BCUT2D eigenvalue weighted by Gasteiger charge is -2.02. The minimum Gasteiger partial charge on any atom is -0.335 e. The molecule has 0 fully saturated rings. The Balaban J connectivity index is 2.00. The quantitative estimate of drug-likeness (QED) is 0.645. The van der Waals surface area contributed by atoms with Gasteiger partial charge in [-0.3, -0.25) is 0 Å². The molecule has 0 aliphatic heterocycles. The van der Waals surface area contributed by atoms with E-state index in [0.29, 0.717) is 11.0 Å². The Morgan fingerprint density at radius 3 is 2.94 bits per heavy atom. The van der Waals surface area contributed by atoms with Gasteiger partial charge < -0.3 is 4.84 Å². The highest BCUT2D eigenvalue weighted by Crippen LogP contribution is 2.14. The standard InChI is InChI=1S/C10H6ClN5O/c11-9-5-10(13-6-12-9)17-16-8-4-2-1-3-7(8)14-15-16/h1-6H. The molecule has 0 N–H and O–H groups in total. The molecular formula is C10H6ClN5O. The van der Waals surface area contributed by atoms with Crippen LogP contribution < -0.4 is 4.84 Å². The maximum atomic E-state index is 5.73. The molecule has 0 aliphatic rings. The molecule has 3 rings (SSSR count). The fraction of sp³-hybridized carbons (Fsp3) is 0. The number of halogens is 1. The molecule has 0 unspecified atom stereocenters. The first-order valence-corrected chi connectivity index (χ1v) is 5.17. The van der Waals surface area contributed by atoms with Crippen LogP contribution in [-0.2, 0) is 0 Å². The number of aromatic nitrogens is 5. The second kappa shape index (κ2) is 3.99. The lowest BCUT2D eigenvalue weighted by molar-refractivity contribution is 0.175. The summed E-state index contributed by atoms with van der Waals surface area (Å²) in [5, 5.41) is 8.12. The topological polar surface area (TPSA) is 65.7 Å². The van der Waals surface area contributed by atoms with Crippen LogP contribution in [0.5, 0.6) is 5.88 Å². The zero-order valence-corrected chi connectivity index (χ0v) is 9.24. The average molecular weight is 248 g/mol. The maximum Gasteiger partial charge on any atom is 0.253 e. The Labute approximate surface area is 101 Å². The van der Waals surface area contributed by atoms with Crippen molar-refractivity contribution < 1.29 is 4.84 Å². The maximum absolute atomic E-state index is 5.73. The Bertz CT molecular complexity index is 668. The Kier molecular flexibility index (Phi) is 2.34. The summed E-state index contributed by atoms with van der Waals surface area (Å²) in [7, 11) is 0. The molecule has 0 saturated carbocycles. The summed E-state index contributed by atoms with van der Waals surface area (Å²) in [4.78, 5) is 14.4. The van der Waals surface area contributed by atoms with Crippen LogP contribution >= 0.6 is 11.6 Å². The van der Waals surface area contributed by atoms with E-state index >= 15 is 0 Å². The number of rotatable bonds is 2. The highest BCUT2D eigenvalue weighted by atomic mass is 35.5. The molecule has 0 amide bonds. The van der Waals surface area contributed by atoms with Gasteiger partial charge in [-0.05, 0) is 17.3 Å². The predicted octanol–water partition coefficient (Wildman–Crippen LogP) is 1.72. The monoisotopic (exact) mass is 247 g/mol. The van der Waals surface area contributed by atoms with E-state index < -0.39 is 0 Å². The number of hydrogen-bond acceptors (Lipinski definition) is 5. The van der Waals surface area contributed by atoms with E-state index in [1.807, 2.05) is 24.3 Å². The molecule has 84 valence electrons. The van der Waals surface area contributed by atoms with Crippen molar-refractivity contribution in [1.82, 2.24) is 25.1 Å². The number of nitrogens with zero attached hydrogens (tertiary/aromatic N) is 5. The van der Waals surface area contributed by atoms with Crippen LogP contribution in [0.4, 0.5) is 0 Å². The zero-order chi connectivity index (χ0) is 11.7. The second-order valence-corrected chi connectivity index (χ2v) is 3.61.